The summed E-state index contributed by atoms with van der Waals surface area (Å²) in [5, 5.41) is 0.940. The molecule has 2 heterocycles. The van der Waals surface area contributed by atoms with Crippen molar-refractivity contribution in [3.8, 4) is 0 Å². The molecule has 1 aliphatic rings. The number of thiophene rings is 1. The molecule has 1 aliphatic heterocycles. The highest BCUT2D eigenvalue weighted by Crippen LogP contribution is 2.46. The predicted molar refractivity (Wildman–Crippen MR) is 109 cm³/mol. The zero-order valence-corrected chi connectivity index (χ0v) is 18.5. The van der Waals surface area contributed by atoms with Crippen LogP contribution in [0.3, 0.4) is 0 Å². The summed E-state index contributed by atoms with van der Waals surface area (Å²) in [6, 6.07) is 2.55. The van der Waals surface area contributed by atoms with Crippen LogP contribution in [0, 0.1) is 11.6 Å². The first-order chi connectivity index (χ1) is 14.7. The number of carbonyl (C=O) groups is 2. The minimum absolute atomic E-state index is 0.103. The second-order valence-electron chi connectivity index (χ2n) is 8.29. The monoisotopic (exact) mass is 473 g/mol. The molecule has 0 unspecified atom stereocenters. The molecule has 0 N–H and O–H groups in total. The van der Waals surface area contributed by atoms with Crippen molar-refractivity contribution in [2.75, 3.05) is 6.54 Å². The minimum Gasteiger partial charge on any atom is -0.459 e. The molecule has 1 aromatic heterocycles. The molecule has 1 amide bonds. The van der Waals surface area contributed by atoms with E-state index in [0.29, 0.717) is 6.07 Å². The number of hydrogen-bond donors (Lipinski definition) is 0. The van der Waals surface area contributed by atoms with Crippen LogP contribution in [0.1, 0.15) is 54.1 Å². The summed E-state index contributed by atoms with van der Waals surface area (Å²) >= 11 is 0.837. The normalized spacial score (nSPS) is 15.8. The van der Waals surface area contributed by atoms with Gasteiger partial charge in [-0.1, -0.05) is 13.8 Å². The fourth-order valence-electron chi connectivity index (χ4n) is 3.45. The van der Waals surface area contributed by atoms with Crippen molar-refractivity contribution >= 4 is 28.8 Å². The summed E-state index contributed by atoms with van der Waals surface area (Å²) in [5.41, 5.74) is -2.97. The lowest BCUT2D eigenvalue weighted by atomic mass is 9.86. The lowest BCUT2D eigenvalue weighted by Crippen LogP contribution is -2.36. The van der Waals surface area contributed by atoms with Crippen molar-refractivity contribution in [2.45, 2.75) is 45.4 Å². The van der Waals surface area contributed by atoms with Crippen LogP contribution >= 0.6 is 11.3 Å². The fraction of sp³-hybridized carbons (Fsp3) is 0.364. The maximum Gasteiger partial charge on any atom is 0.417 e. The molecule has 0 fully saturated rings. The molecule has 0 saturated carbocycles. The smallest absolute Gasteiger partial charge is 0.417 e. The van der Waals surface area contributed by atoms with E-state index < -0.39 is 52.3 Å². The molecule has 4 nitrogen and oxygen atoms in total. The first-order valence-electron chi connectivity index (χ1n) is 9.60. The van der Waals surface area contributed by atoms with Gasteiger partial charge in [-0.2, -0.15) is 13.2 Å². The van der Waals surface area contributed by atoms with Crippen molar-refractivity contribution in [1.82, 2.24) is 4.90 Å². The van der Waals surface area contributed by atoms with Crippen LogP contribution in [0.15, 0.2) is 29.8 Å². The lowest BCUT2D eigenvalue weighted by molar-refractivity contribution is -0.140. The molecule has 0 bridgehead atoms. The highest BCUT2D eigenvalue weighted by Gasteiger charge is 2.44. The van der Waals surface area contributed by atoms with E-state index in [4.69, 9.17) is 4.74 Å². The Balaban J connectivity index is 2.21. The third kappa shape index (κ3) is 4.55. The molecule has 0 spiro atoms. The first-order valence-corrected chi connectivity index (χ1v) is 10.5. The molecule has 0 atom stereocenters. The largest absolute Gasteiger partial charge is 0.459 e. The number of ether oxygens (including phenoxy) is 1. The van der Waals surface area contributed by atoms with Gasteiger partial charge in [-0.15, -0.1) is 11.3 Å². The number of fused-ring (bicyclic) bond motifs is 1. The SMILES string of the molecule is CC(C)OC(=O)C1=CN(C(=O)c2ccc(F)c(F)c2)CC(C)(C)c2scc(C(F)(F)F)c21. The number of halogens is 5. The molecule has 172 valence electrons. The quantitative estimate of drug-likeness (QED) is 0.420. The number of nitrogens with zero attached hydrogens (tertiary/aromatic N) is 1. The van der Waals surface area contributed by atoms with Crippen LogP contribution in [-0.4, -0.2) is 29.4 Å². The molecular weight excluding hydrogens is 453 g/mol. The average molecular weight is 473 g/mol. The van der Waals surface area contributed by atoms with E-state index in [9.17, 15) is 31.5 Å². The van der Waals surface area contributed by atoms with Gasteiger partial charge in [-0.3, -0.25) is 4.79 Å². The van der Waals surface area contributed by atoms with E-state index in [0.717, 1.165) is 39.9 Å². The summed E-state index contributed by atoms with van der Waals surface area (Å²) in [4.78, 5) is 27.2. The Morgan fingerprint density at radius 3 is 2.38 bits per heavy atom. The van der Waals surface area contributed by atoms with E-state index in [2.05, 4.69) is 0 Å². The fourth-order valence-corrected chi connectivity index (χ4v) is 4.66. The third-order valence-corrected chi connectivity index (χ3v) is 6.17. The van der Waals surface area contributed by atoms with Crippen LogP contribution in [0.25, 0.3) is 5.57 Å². The van der Waals surface area contributed by atoms with Gasteiger partial charge in [-0.25, -0.2) is 13.6 Å². The Bertz CT molecular complexity index is 1100. The van der Waals surface area contributed by atoms with Crippen molar-refractivity contribution in [1.29, 1.82) is 0 Å². The van der Waals surface area contributed by atoms with Crippen LogP contribution in [0.5, 0.6) is 0 Å². The van der Waals surface area contributed by atoms with Crippen LogP contribution in [0.4, 0.5) is 22.0 Å². The number of esters is 1. The maximum absolute atomic E-state index is 13.8. The van der Waals surface area contributed by atoms with Gasteiger partial charge in [-0.05, 0) is 32.0 Å². The summed E-state index contributed by atoms with van der Waals surface area (Å²) in [6.45, 7) is 6.26. The maximum atomic E-state index is 13.8. The highest BCUT2D eigenvalue weighted by molar-refractivity contribution is 7.10. The van der Waals surface area contributed by atoms with Gasteiger partial charge in [0.05, 0.1) is 17.2 Å². The predicted octanol–water partition coefficient (Wildman–Crippen LogP) is 5.77. The number of alkyl halides is 3. The molecular formula is C22H20F5NO3S. The molecule has 0 saturated heterocycles. The third-order valence-electron chi connectivity index (χ3n) is 4.82. The summed E-state index contributed by atoms with van der Waals surface area (Å²) < 4.78 is 73.4. The van der Waals surface area contributed by atoms with Gasteiger partial charge >= 0.3 is 12.1 Å². The zero-order chi connectivity index (χ0) is 24.0. The van der Waals surface area contributed by atoms with Crippen LogP contribution in [-0.2, 0) is 21.1 Å². The Morgan fingerprint density at radius 2 is 1.81 bits per heavy atom. The van der Waals surface area contributed by atoms with E-state index >= 15 is 0 Å². The highest BCUT2D eigenvalue weighted by atomic mass is 32.1. The van der Waals surface area contributed by atoms with Gasteiger partial charge < -0.3 is 9.64 Å². The number of amides is 1. The van der Waals surface area contributed by atoms with Crippen molar-refractivity contribution in [3.05, 3.63) is 63.0 Å². The Morgan fingerprint density at radius 1 is 1.16 bits per heavy atom. The number of benzene rings is 1. The summed E-state index contributed by atoms with van der Waals surface area (Å²) in [6.07, 6.45) is -4.35. The summed E-state index contributed by atoms with van der Waals surface area (Å²) in [5.74, 6) is -4.21. The number of rotatable bonds is 3. The molecule has 32 heavy (non-hydrogen) atoms. The molecule has 3 rings (SSSR count). The van der Waals surface area contributed by atoms with E-state index in [1.807, 2.05) is 0 Å². The van der Waals surface area contributed by atoms with Gasteiger partial charge in [0.1, 0.15) is 0 Å². The second kappa shape index (κ2) is 8.31. The van der Waals surface area contributed by atoms with E-state index in [1.54, 1.807) is 27.7 Å². The second-order valence-corrected chi connectivity index (χ2v) is 9.17. The van der Waals surface area contributed by atoms with Gasteiger partial charge in [0.2, 0.25) is 0 Å². The Hall–Kier alpha value is -2.75. The van der Waals surface area contributed by atoms with E-state index in [1.165, 1.54) is 0 Å². The number of carbonyl (C=O) groups excluding carboxylic acids is 2. The molecule has 0 radical (unpaired) electrons. The molecule has 1 aromatic carbocycles. The van der Waals surface area contributed by atoms with Gasteiger partial charge in [0.15, 0.2) is 11.6 Å². The van der Waals surface area contributed by atoms with E-state index in [-0.39, 0.29) is 22.5 Å². The van der Waals surface area contributed by atoms with Crippen molar-refractivity contribution in [2.24, 2.45) is 0 Å². The Kier molecular flexibility index (Phi) is 6.21. The first kappa shape index (κ1) is 23.9. The van der Waals surface area contributed by atoms with Crippen LogP contribution < -0.4 is 0 Å². The molecule has 0 aliphatic carbocycles. The summed E-state index contributed by atoms with van der Waals surface area (Å²) in [7, 11) is 0. The molecule has 10 heteroatoms. The zero-order valence-electron chi connectivity index (χ0n) is 17.6. The van der Waals surface area contributed by atoms with Gasteiger partial charge in [0, 0.05) is 39.5 Å². The van der Waals surface area contributed by atoms with Crippen molar-refractivity contribution in [3.63, 3.8) is 0 Å². The lowest BCUT2D eigenvalue weighted by Gasteiger charge is -2.29. The van der Waals surface area contributed by atoms with Crippen LogP contribution in [0.2, 0.25) is 0 Å². The number of hydrogen-bond acceptors (Lipinski definition) is 4. The Labute approximate surface area is 185 Å². The minimum atomic E-state index is -4.74. The standard InChI is InChI=1S/C22H20F5NO3S/c1-11(2)31-20(30)13-8-28(19(29)12-5-6-15(23)16(24)7-12)10-21(3,4)18-17(13)14(9-32-18)22(25,26)27/h5-9,11H,10H2,1-4H3. The van der Waals surface area contributed by atoms with Crippen molar-refractivity contribution < 1.29 is 36.3 Å². The topological polar surface area (TPSA) is 46.6 Å². The average Bonchev–Trinajstić information content (AvgIpc) is 3.08. The molecule has 2 aromatic rings. The van der Waals surface area contributed by atoms with Gasteiger partial charge in [0.25, 0.3) is 5.91 Å².